The summed E-state index contributed by atoms with van der Waals surface area (Å²) in [6, 6.07) is 14.3. The van der Waals surface area contributed by atoms with Gasteiger partial charge in [0.15, 0.2) is 0 Å². The first-order chi connectivity index (χ1) is 14.2. The molecule has 0 spiro atoms. The van der Waals surface area contributed by atoms with Crippen molar-refractivity contribution in [1.82, 2.24) is 24.5 Å². The van der Waals surface area contributed by atoms with Gasteiger partial charge in [-0.1, -0.05) is 35.9 Å². The highest BCUT2D eigenvalue weighted by Crippen LogP contribution is 2.33. The molecule has 0 aliphatic carbocycles. The Morgan fingerprint density at radius 2 is 2.00 bits per heavy atom. The molecule has 1 unspecified atom stereocenters. The zero-order chi connectivity index (χ0) is 19.8. The Morgan fingerprint density at radius 1 is 1.14 bits per heavy atom. The molecule has 0 bridgehead atoms. The highest BCUT2D eigenvalue weighted by molar-refractivity contribution is 5.93. The Bertz CT molecular complexity index is 1160. The SMILES string of the molecule is Cc1ccc(-c2cn[nH]c2C2CCCN(C(=O)c3cnc4ccccn34)C2)cc1. The molecule has 146 valence electrons. The van der Waals surface area contributed by atoms with Crippen LogP contribution in [0.25, 0.3) is 16.8 Å². The summed E-state index contributed by atoms with van der Waals surface area (Å²) in [4.78, 5) is 19.5. The number of piperidine rings is 1. The van der Waals surface area contributed by atoms with E-state index in [4.69, 9.17) is 0 Å². The second-order valence-corrected chi connectivity index (χ2v) is 7.73. The molecule has 1 saturated heterocycles. The number of imidazole rings is 1. The second kappa shape index (κ2) is 7.20. The van der Waals surface area contributed by atoms with Crippen LogP contribution < -0.4 is 0 Å². The number of likely N-dealkylation sites (tertiary alicyclic amines) is 1. The first-order valence-electron chi connectivity index (χ1n) is 10.0. The van der Waals surface area contributed by atoms with E-state index in [1.165, 1.54) is 5.56 Å². The minimum absolute atomic E-state index is 0.0322. The van der Waals surface area contributed by atoms with Gasteiger partial charge in [-0.15, -0.1) is 0 Å². The highest BCUT2D eigenvalue weighted by Gasteiger charge is 2.29. The number of nitrogens with zero attached hydrogens (tertiary/aromatic N) is 4. The van der Waals surface area contributed by atoms with Gasteiger partial charge in [0.25, 0.3) is 5.91 Å². The van der Waals surface area contributed by atoms with Crippen molar-refractivity contribution in [3.8, 4) is 11.1 Å². The van der Waals surface area contributed by atoms with E-state index < -0.39 is 0 Å². The molecule has 1 N–H and O–H groups in total. The number of carbonyl (C=O) groups excluding carboxylic acids is 1. The lowest BCUT2D eigenvalue weighted by Gasteiger charge is -2.32. The summed E-state index contributed by atoms with van der Waals surface area (Å²) < 4.78 is 1.86. The maximum atomic E-state index is 13.2. The van der Waals surface area contributed by atoms with Crippen LogP contribution in [0.2, 0.25) is 0 Å². The number of aromatic amines is 1. The summed E-state index contributed by atoms with van der Waals surface area (Å²) in [6.07, 6.45) is 7.47. The van der Waals surface area contributed by atoms with Gasteiger partial charge >= 0.3 is 0 Å². The lowest BCUT2D eigenvalue weighted by Crippen LogP contribution is -2.39. The van der Waals surface area contributed by atoms with Crippen molar-refractivity contribution in [2.75, 3.05) is 13.1 Å². The smallest absolute Gasteiger partial charge is 0.272 e. The fraction of sp³-hybridized carbons (Fsp3) is 0.261. The lowest BCUT2D eigenvalue weighted by molar-refractivity contribution is 0.0699. The summed E-state index contributed by atoms with van der Waals surface area (Å²) in [5.41, 5.74) is 6.04. The van der Waals surface area contributed by atoms with Crippen molar-refractivity contribution in [3.05, 3.63) is 78.0 Å². The average Bonchev–Trinajstić information content (AvgIpc) is 3.41. The standard InChI is InChI=1S/C23H23N5O/c1-16-7-9-17(10-8-16)19-13-25-26-22(19)18-5-4-11-27(15-18)23(29)20-14-24-21-6-2-3-12-28(20)21/h2-3,6-10,12-14,18H,4-5,11,15H2,1H3,(H,25,26). The average molecular weight is 385 g/mol. The number of aryl methyl sites for hydroxylation is 1. The van der Waals surface area contributed by atoms with Crippen molar-refractivity contribution in [1.29, 1.82) is 0 Å². The largest absolute Gasteiger partial charge is 0.337 e. The molecule has 1 atom stereocenters. The predicted octanol–water partition coefficient (Wildman–Crippen LogP) is 4.05. The molecule has 4 aromatic rings. The van der Waals surface area contributed by atoms with Crippen molar-refractivity contribution in [3.63, 3.8) is 0 Å². The van der Waals surface area contributed by atoms with Gasteiger partial charge in [0, 0.05) is 36.5 Å². The van der Waals surface area contributed by atoms with E-state index in [1.807, 2.05) is 39.9 Å². The van der Waals surface area contributed by atoms with Crippen LogP contribution in [0.5, 0.6) is 0 Å². The molecule has 3 aromatic heterocycles. The fourth-order valence-corrected chi connectivity index (χ4v) is 4.22. The van der Waals surface area contributed by atoms with Crippen molar-refractivity contribution in [2.24, 2.45) is 0 Å². The van der Waals surface area contributed by atoms with E-state index in [-0.39, 0.29) is 11.8 Å². The Morgan fingerprint density at radius 3 is 2.86 bits per heavy atom. The summed E-state index contributed by atoms with van der Waals surface area (Å²) in [6.45, 7) is 3.54. The zero-order valence-electron chi connectivity index (χ0n) is 16.4. The lowest BCUT2D eigenvalue weighted by atomic mass is 9.90. The number of nitrogens with one attached hydrogen (secondary N) is 1. The van der Waals surface area contributed by atoms with Gasteiger partial charge in [-0.2, -0.15) is 5.10 Å². The van der Waals surface area contributed by atoms with Gasteiger partial charge in [0.05, 0.1) is 12.4 Å². The monoisotopic (exact) mass is 385 g/mol. The molecule has 0 saturated carbocycles. The van der Waals surface area contributed by atoms with Gasteiger partial charge in [-0.05, 0) is 37.5 Å². The Balaban J connectivity index is 1.41. The van der Waals surface area contributed by atoms with Crippen LogP contribution in [0.3, 0.4) is 0 Å². The normalized spacial score (nSPS) is 17.0. The maximum absolute atomic E-state index is 13.2. The molecular weight excluding hydrogens is 362 g/mol. The predicted molar refractivity (Wildman–Crippen MR) is 112 cm³/mol. The van der Waals surface area contributed by atoms with Crippen LogP contribution in [0, 0.1) is 6.92 Å². The Labute approximate surface area is 169 Å². The van der Waals surface area contributed by atoms with E-state index in [0.29, 0.717) is 12.2 Å². The molecule has 0 radical (unpaired) electrons. The fourth-order valence-electron chi connectivity index (χ4n) is 4.22. The third-order valence-corrected chi connectivity index (χ3v) is 5.78. The van der Waals surface area contributed by atoms with Gasteiger partial charge < -0.3 is 4.90 Å². The number of aromatic nitrogens is 4. The number of hydrogen-bond donors (Lipinski definition) is 1. The number of H-pyrrole nitrogens is 1. The van der Waals surface area contributed by atoms with E-state index in [1.54, 1.807) is 6.20 Å². The quantitative estimate of drug-likeness (QED) is 0.578. The van der Waals surface area contributed by atoms with Crippen LogP contribution in [-0.2, 0) is 0 Å². The molecule has 1 aliphatic rings. The number of carbonyl (C=O) groups is 1. The molecule has 6 nitrogen and oxygen atoms in total. The van der Waals surface area contributed by atoms with Crippen LogP contribution >= 0.6 is 0 Å². The Hall–Kier alpha value is -3.41. The first-order valence-corrected chi connectivity index (χ1v) is 10.0. The van der Waals surface area contributed by atoms with Gasteiger partial charge in [-0.3, -0.25) is 14.3 Å². The minimum atomic E-state index is 0.0322. The summed E-state index contributed by atoms with van der Waals surface area (Å²) in [5.74, 6) is 0.274. The van der Waals surface area contributed by atoms with Crippen molar-refractivity contribution < 1.29 is 4.79 Å². The van der Waals surface area contributed by atoms with E-state index in [9.17, 15) is 4.79 Å². The number of hydrogen-bond acceptors (Lipinski definition) is 3. The number of rotatable bonds is 3. The first kappa shape index (κ1) is 17.7. The maximum Gasteiger partial charge on any atom is 0.272 e. The number of benzene rings is 1. The third kappa shape index (κ3) is 3.20. The molecule has 29 heavy (non-hydrogen) atoms. The van der Waals surface area contributed by atoms with Crippen molar-refractivity contribution >= 4 is 11.6 Å². The molecule has 4 heterocycles. The van der Waals surface area contributed by atoms with Crippen LogP contribution in [-0.4, -0.2) is 43.5 Å². The van der Waals surface area contributed by atoms with E-state index in [0.717, 1.165) is 41.9 Å². The third-order valence-electron chi connectivity index (χ3n) is 5.78. The molecule has 6 heteroatoms. The second-order valence-electron chi connectivity index (χ2n) is 7.73. The topological polar surface area (TPSA) is 66.3 Å². The molecule has 1 fully saturated rings. The number of pyridine rings is 1. The summed E-state index contributed by atoms with van der Waals surface area (Å²) in [7, 11) is 0. The number of amides is 1. The molecule has 1 amide bonds. The molecule has 1 aromatic carbocycles. The summed E-state index contributed by atoms with van der Waals surface area (Å²) >= 11 is 0. The minimum Gasteiger partial charge on any atom is -0.337 e. The Kier molecular flexibility index (Phi) is 4.39. The summed E-state index contributed by atoms with van der Waals surface area (Å²) in [5, 5.41) is 7.52. The van der Waals surface area contributed by atoms with Gasteiger partial charge in [-0.25, -0.2) is 4.98 Å². The van der Waals surface area contributed by atoms with Gasteiger partial charge in [0.1, 0.15) is 11.3 Å². The van der Waals surface area contributed by atoms with Crippen LogP contribution in [0.4, 0.5) is 0 Å². The van der Waals surface area contributed by atoms with Crippen LogP contribution in [0.1, 0.15) is 40.5 Å². The van der Waals surface area contributed by atoms with E-state index in [2.05, 4.69) is 46.4 Å². The highest BCUT2D eigenvalue weighted by atomic mass is 16.2. The molecular formula is C23H23N5O. The molecule has 5 rings (SSSR count). The molecule has 1 aliphatic heterocycles. The zero-order valence-corrected chi connectivity index (χ0v) is 16.4. The van der Waals surface area contributed by atoms with Crippen LogP contribution in [0.15, 0.2) is 61.1 Å². The van der Waals surface area contributed by atoms with E-state index >= 15 is 0 Å². The van der Waals surface area contributed by atoms with Gasteiger partial charge in [0.2, 0.25) is 0 Å². The number of fused-ring (bicyclic) bond motifs is 1. The van der Waals surface area contributed by atoms with Crippen molar-refractivity contribution in [2.45, 2.75) is 25.7 Å².